The second kappa shape index (κ2) is 21.6. The number of hydrogen-bond donors (Lipinski definition) is 0. The zero-order chi connectivity index (χ0) is 20.8. The first kappa shape index (κ1) is 27.9. The molecule has 0 aromatic carbocycles. The van der Waals surface area contributed by atoms with E-state index in [-0.39, 0.29) is 6.61 Å². The molecule has 0 saturated carbocycles. The van der Waals surface area contributed by atoms with Gasteiger partial charge in [0.05, 0.1) is 13.7 Å². The molecule has 0 aliphatic heterocycles. The lowest BCUT2D eigenvalue weighted by Crippen LogP contribution is -2.08. The highest BCUT2D eigenvalue weighted by Crippen LogP contribution is 2.14. The molecule has 0 aliphatic carbocycles. The van der Waals surface area contributed by atoms with Crippen molar-refractivity contribution in [1.29, 1.82) is 0 Å². The van der Waals surface area contributed by atoms with Crippen molar-refractivity contribution < 1.29 is 16.8 Å². The van der Waals surface area contributed by atoms with E-state index in [1.54, 1.807) is 0 Å². The molecule has 0 saturated heterocycles. The molecule has 0 bridgehead atoms. The molecule has 0 unspecified atom stereocenters. The summed E-state index contributed by atoms with van der Waals surface area (Å²) in [5, 5.41) is 0. The lowest BCUT2D eigenvalue weighted by atomic mass is 10.0. The molecule has 0 N–H and O–H groups in total. The van der Waals surface area contributed by atoms with Gasteiger partial charge in [0, 0.05) is 0 Å². The fourth-order valence-corrected chi connectivity index (χ4v) is 3.98. The topological polar surface area (TPSA) is 52.6 Å². The van der Waals surface area contributed by atoms with Crippen LogP contribution in [-0.4, -0.2) is 22.1 Å². The van der Waals surface area contributed by atoms with E-state index in [2.05, 4.69) is 15.3 Å². The van der Waals surface area contributed by atoms with Crippen LogP contribution in [0.3, 0.4) is 0 Å². The molecule has 0 aliphatic rings. The Labute approximate surface area is 176 Å². The standard InChI is InChI=1S/C23H48O4S/c1-3-4-5-6-7-8-9-10-11-12-13-14-15-16-17-18-19-20-21-22-23-27-28(24,25)26-2/h3-23H2,1-2H3. The van der Waals surface area contributed by atoms with E-state index in [0.717, 1.165) is 26.4 Å². The van der Waals surface area contributed by atoms with Gasteiger partial charge in [-0.25, -0.2) is 4.18 Å². The van der Waals surface area contributed by atoms with Crippen molar-refractivity contribution in [2.75, 3.05) is 13.7 Å². The van der Waals surface area contributed by atoms with E-state index in [1.807, 2.05) is 0 Å². The second-order valence-electron chi connectivity index (χ2n) is 8.11. The van der Waals surface area contributed by atoms with Gasteiger partial charge >= 0.3 is 10.4 Å². The summed E-state index contributed by atoms with van der Waals surface area (Å²) in [6, 6.07) is 0. The molecule has 0 aromatic rings. The van der Waals surface area contributed by atoms with Crippen molar-refractivity contribution in [3.05, 3.63) is 0 Å². The van der Waals surface area contributed by atoms with Crippen LogP contribution in [0.15, 0.2) is 0 Å². The van der Waals surface area contributed by atoms with Crippen molar-refractivity contribution in [1.82, 2.24) is 0 Å². The summed E-state index contributed by atoms with van der Waals surface area (Å²) in [6.07, 6.45) is 26.7. The smallest absolute Gasteiger partial charge is 0.252 e. The van der Waals surface area contributed by atoms with Crippen molar-refractivity contribution in [2.24, 2.45) is 0 Å². The summed E-state index contributed by atoms with van der Waals surface area (Å²) >= 11 is 0. The predicted octanol–water partition coefficient (Wildman–Crippen LogP) is 7.72. The first-order chi connectivity index (χ1) is 13.6. The van der Waals surface area contributed by atoms with Crippen LogP contribution in [0.4, 0.5) is 0 Å². The average molecular weight is 421 g/mol. The zero-order valence-corrected chi connectivity index (χ0v) is 19.7. The molecule has 0 fully saturated rings. The fraction of sp³-hybridized carbons (Fsp3) is 1.00. The third kappa shape index (κ3) is 22.2. The van der Waals surface area contributed by atoms with Crippen molar-refractivity contribution >= 4 is 10.4 Å². The van der Waals surface area contributed by atoms with Crippen LogP contribution in [0.5, 0.6) is 0 Å². The van der Waals surface area contributed by atoms with E-state index < -0.39 is 10.4 Å². The van der Waals surface area contributed by atoms with Gasteiger partial charge in [-0.1, -0.05) is 129 Å². The number of unbranched alkanes of at least 4 members (excludes halogenated alkanes) is 19. The Morgan fingerprint density at radius 2 is 0.786 bits per heavy atom. The van der Waals surface area contributed by atoms with E-state index in [9.17, 15) is 8.42 Å². The van der Waals surface area contributed by atoms with Gasteiger partial charge in [-0.05, 0) is 6.42 Å². The van der Waals surface area contributed by atoms with E-state index in [0.29, 0.717) is 0 Å². The van der Waals surface area contributed by atoms with Crippen molar-refractivity contribution in [2.45, 2.75) is 135 Å². The van der Waals surface area contributed by atoms with E-state index in [4.69, 9.17) is 0 Å². The minimum absolute atomic E-state index is 0.231. The Morgan fingerprint density at radius 1 is 0.500 bits per heavy atom. The molecule has 0 amide bonds. The molecule has 0 rings (SSSR count). The third-order valence-electron chi connectivity index (χ3n) is 5.43. The zero-order valence-electron chi connectivity index (χ0n) is 18.9. The Balaban J connectivity index is 3.07. The van der Waals surface area contributed by atoms with Crippen LogP contribution in [0, 0.1) is 0 Å². The van der Waals surface area contributed by atoms with Gasteiger partial charge in [-0.15, -0.1) is 0 Å². The molecule has 0 spiro atoms. The molecule has 0 aromatic heterocycles. The van der Waals surface area contributed by atoms with Gasteiger partial charge in [-0.3, -0.25) is 4.18 Å². The largest absolute Gasteiger partial charge is 0.399 e. The monoisotopic (exact) mass is 420 g/mol. The third-order valence-corrected chi connectivity index (χ3v) is 6.29. The van der Waals surface area contributed by atoms with E-state index in [1.165, 1.54) is 109 Å². The summed E-state index contributed by atoms with van der Waals surface area (Å²) in [6.45, 7) is 2.51. The minimum atomic E-state index is -3.74. The van der Waals surface area contributed by atoms with Crippen LogP contribution in [0.1, 0.15) is 135 Å². The molecule has 170 valence electrons. The quantitative estimate of drug-likeness (QED) is 0.159. The van der Waals surface area contributed by atoms with Gasteiger partial charge in [-0.2, -0.15) is 8.42 Å². The number of hydrogen-bond acceptors (Lipinski definition) is 4. The van der Waals surface area contributed by atoms with Crippen LogP contribution in [-0.2, 0) is 18.8 Å². The molecule has 0 atom stereocenters. The molecular weight excluding hydrogens is 372 g/mol. The van der Waals surface area contributed by atoms with Gasteiger partial charge < -0.3 is 0 Å². The first-order valence-electron chi connectivity index (χ1n) is 12.1. The highest BCUT2D eigenvalue weighted by atomic mass is 32.3. The van der Waals surface area contributed by atoms with E-state index >= 15 is 0 Å². The van der Waals surface area contributed by atoms with Crippen LogP contribution < -0.4 is 0 Å². The first-order valence-corrected chi connectivity index (χ1v) is 13.4. The lowest BCUT2D eigenvalue weighted by molar-refractivity contribution is 0.238. The van der Waals surface area contributed by atoms with Crippen molar-refractivity contribution in [3.8, 4) is 0 Å². The highest BCUT2D eigenvalue weighted by molar-refractivity contribution is 7.81. The molecule has 28 heavy (non-hydrogen) atoms. The van der Waals surface area contributed by atoms with Crippen molar-refractivity contribution in [3.63, 3.8) is 0 Å². The van der Waals surface area contributed by atoms with Crippen LogP contribution in [0.2, 0.25) is 0 Å². The predicted molar refractivity (Wildman–Crippen MR) is 120 cm³/mol. The maximum absolute atomic E-state index is 11.0. The van der Waals surface area contributed by atoms with Gasteiger partial charge in [0.2, 0.25) is 0 Å². The Morgan fingerprint density at radius 3 is 1.07 bits per heavy atom. The molecule has 4 nitrogen and oxygen atoms in total. The minimum Gasteiger partial charge on any atom is -0.252 e. The Bertz CT molecular complexity index is 395. The maximum Gasteiger partial charge on any atom is 0.399 e. The SMILES string of the molecule is CCCCCCCCCCCCCCCCCCCCCCOS(=O)(=O)OC. The lowest BCUT2D eigenvalue weighted by Gasteiger charge is -2.04. The van der Waals surface area contributed by atoms with Gasteiger partial charge in [0.15, 0.2) is 0 Å². The Kier molecular flexibility index (Phi) is 21.5. The highest BCUT2D eigenvalue weighted by Gasteiger charge is 2.07. The average Bonchev–Trinajstić information content (AvgIpc) is 2.69. The Hall–Kier alpha value is -0.130. The van der Waals surface area contributed by atoms with Crippen LogP contribution in [0.25, 0.3) is 0 Å². The van der Waals surface area contributed by atoms with Crippen LogP contribution >= 0.6 is 0 Å². The normalized spacial score (nSPS) is 11.9. The van der Waals surface area contributed by atoms with Gasteiger partial charge in [0.25, 0.3) is 0 Å². The summed E-state index contributed by atoms with van der Waals surface area (Å²) in [4.78, 5) is 0. The summed E-state index contributed by atoms with van der Waals surface area (Å²) in [7, 11) is -2.63. The molecule has 0 radical (unpaired) electrons. The molecule has 5 heteroatoms. The second-order valence-corrected chi connectivity index (χ2v) is 9.50. The summed E-state index contributed by atoms with van der Waals surface area (Å²) < 4.78 is 30.8. The molecular formula is C23H48O4S. The summed E-state index contributed by atoms with van der Waals surface area (Å²) in [5.41, 5.74) is 0. The fourth-order valence-electron chi connectivity index (χ4n) is 3.57. The number of rotatable bonds is 23. The molecule has 0 heterocycles. The maximum atomic E-state index is 11.0. The van der Waals surface area contributed by atoms with Gasteiger partial charge in [0.1, 0.15) is 0 Å². The summed E-state index contributed by atoms with van der Waals surface area (Å²) in [5.74, 6) is 0.